The molecule has 2 nitrogen and oxygen atoms in total. The van der Waals surface area contributed by atoms with Crippen molar-refractivity contribution in [2.45, 2.75) is 26.3 Å². The SMILES string of the molecule is CCCCn1[nH]c(-c2ccccc2)cc1=S. The van der Waals surface area contributed by atoms with Gasteiger partial charge in [0.15, 0.2) is 0 Å². The van der Waals surface area contributed by atoms with Gasteiger partial charge >= 0.3 is 0 Å². The van der Waals surface area contributed by atoms with Crippen molar-refractivity contribution in [3.8, 4) is 11.3 Å². The minimum absolute atomic E-state index is 0.882. The quantitative estimate of drug-likeness (QED) is 0.790. The molecule has 0 spiro atoms. The first kappa shape index (κ1) is 11.1. The monoisotopic (exact) mass is 232 g/mol. The van der Waals surface area contributed by atoms with Crippen LogP contribution in [-0.2, 0) is 6.54 Å². The molecule has 0 saturated carbocycles. The highest BCUT2D eigenvalue weighted by atomic mass is 32.1. The van der Waals surface area contributed by atoms with Gasteiger partial charge in [-0.05, 0) is 18.1 Å². The third-order valence-electron chi connectivity index (χ3n) is 2.61. The third-order valence-corrected chi connectivity index (χ3v) is 2.95. The summed E-state index contributed by atoms with van der Waals surface area (Å²) in [6.07, 6.45) is 2.34. The van der Waals surface area contributed by atoms with E-state index in [1.54, 1.807) is 0 Å². The average molecular weight is 232 g/mol. The molecule has 1 heterocycles. The zero-order valence-electron chi connectivity index (χ0n) is 9.44. The summed E-state index contributed by atoms with van der Waals surface area (Å²) >= 11 is 5.32. The van der Waals surface area contributed by atoms with Gasteiger partial charge in [0, 0.05) is 6.54 Å². The van der Waals surface area contributed by atoms with Crippen LogP contribution in [0.5, 0.6) is 0 Å². The highest BCUT2D eigenvalue weighted by molar-refractivity contribution is 7.71. The molecule has 0 aliphatic rings. The van der Waals surface area contributed by atoms with E-state index in [0.29, 0.717) is 0 Å². The summed E-state index contributed by atoms with van der Waals surface area (Å²) in [7, 11) is 0. The Kier molecular flexibility index (Phi) is 3.57. The van der Waals surface area contributed by atoms with Gasteiger partial charge in [0.2, 0.25) is 0 Å². The lowest BCUT2D eigenvalue weighted by Gasteiger charge is -2.01. The van der Waals surface area contributed by atoms with Crippen LogP contribution in [-0.4, -0.2) is 9.78 Å². The zero-order chi connectivity index (χ0) is 11.4. The van der Waals surface area contributed by atoms with Crippen molar-refractivity contribution < 1.29 is 0 Å². The normalized spacial score (nSPS) is 10.6. The number of H-pyrrole nitrogens is 1. The highest BCUT2D eigenvalue weighted by Crippen LogP contribution is 2.17. The van der Waals surface area contributed by atoms with E-state index in [-0.39, 0.29) is 0 Å². The predicted octanol–water partition coefficient (Wildman–Crippen LogP) is 4.01. The largest absolute Gasteiger partial charge is 0.297 e. The Morgan fingerprint density at radius 1 is 1.25 bits per heavy atom. The Balaban J connectivity index is 2.28. The van der Waals surface area contributed by atoms with Crippen molar-refractivity contribution in [1.29, 1.82) is 0 Å². The molecule has 0 bridgehead atoms. The van der Waals surface area contributed by atoms with Gasteiger partial charge in [-0.3, -0.25) is 9.78 Å². The van der Waals surface area contributed by atoms with Gasteiger partial charge in [-0.2, -0.15) is 0 Å². The Hall–Kier alpha value is -1.35. The summed E-state index contributed by atoms with van der Waals surface area (Å²) in [5, 5.41) is 3.35. The molecule has 3 heteroatoms. The van der Waals surface area contributed by atoms with Crippen LogP contribution in [0.4, 0.5) is 0 Å². The topological polar surface area (TPSA) is 20.7 Å². The van der Waals surface area contributed by atoms with Crippen LogP contribution >= 0.6 is 12.2 Å². The molecule has 84 valence electrons. The molecular weight excluding hydrogens is 216 g/mol. The molecule has 2 aromatic rings. The molecule has 1 N–H and O–H groups in total. The molecule has 0 radical (unpaired) electrons. The van der Waals surface area contributed by atoms with Crippen LogP contribution in [0, 0.1) is 4.64 Å². The maximum Gasteiger partial charge on any atom is 0.122 e. The molecule has 0 unspecified atom stereocenters. The first-order valence-corrected chi connectivity index (χ1v) is 6.07. The fraction of sp³-hybridized carbons (Fsp3) is 0.308. The van der Waals surface area contributed by atoms with E-state index in [4.69, 9.17) is 12.2 Å². The number of unbranched alkanes of at least 4 members (excludes halogenated alkanes) is 1. The zero-order valence-corrected chi connectivity index (χ0v) is 10.3. The van der Waals surface area contributed by atoms with Crippen LogP contribution in [0.15, 0.2) is 36.4 Å². The molecule has 0 fully saturated rings. The Morgan fingerprint density at radius 2 is 2.00 bits per heavy atom. The van der Waals surface area contributed by atoms with Crippen molar-refractivity contribution in [1.82, 2.24) is 9.78 Å². The van der Waals surface area contributed by atoms with Crippen LogP contribution in [0.3, 0.4) is 0 Å². The summed E-state index contributed by atoms with van der Waals surface area (Å²) in [6, 6.07) is 12.3. The second-order valence-electron chi connectivity index (χ2n) is 3.88. The lowest BCUT2D eigenvalue weighted by atomic mass is 10.2. The molecule has 0 saturated heterocycles. The third kappa shape index (κ3) is 2.42. The summed E-state index contributed by atoms with van der Waals surface area (Å²) in [4.78, 5) is 0. The minimum Gasteiger partial charge on any atom is -0.297 e. The lowest BCUT2D eigenvalue weighted by Crippen LogP contribution is -1.99. The predicted molar refractivity (Wildman–Crippen MR) is 70.0 cm³/mol. The Morgan fingerprint density at radius 3 is 2.69 bits per heavy atom. The van der Waals surface area contributed by atoms with Crippen molar-refractivity contribution in [2.75, 3.05) is 0 Å². The first-order valence-electron chi connectivity index (χ1n) is 5.66. The fourth-order valence-electron chi connectivity index (χ4n) is 1.68. The second-order valence-corrected chi connectivity index (χ2v) is 4.30. The number of nitrogens with one attached hydrogen (secondary N) is 1. The van der Waals surface area contributed by atoms with Crippen LogP contribution in [0.2, 0.25) is 0 Å². The van der Waals surface area contributed by atoms with Crippen molar-refractivity contribution in [3.63, 3.8) is 0 Å². The van der Waals surface area contributed by atoms with E-state index >= 15 is 0 Å². The molecule has 0 amide bonds. The van der Waals surface area contributed by atoms with E-state index < -0.39 is 0 Å². The van der Waals surface area contributed by atoms with E-state index in [9.17, 15) is 0 Å². The standard InChI is InChI=1S/C13H16N2S/c1-2-3-9-15-13(16)10-12(14-15)11-7-5-4-6-8-11/h4-8,10,14H,2-3,9H2,1H3. The van der Waals surface area contributed by atoms with Crippen LogP contribution in [0.25, 0.3) is 11.3 Å². The maximum atomic E-state index is 5.32. The summed E-state index contributed by atoms with van der Waals surface area (Å²) in [6.45, 7) is 3.16. The van der Waals surface area contributed by atoms with Crippen molar-refractivity contribution in [2.24, 2.45) is 0 Å². The van der Waals surface area contributed by atoms with Gasteiger partial charge in [0.1, 0.15) is 4.64 Å². The molecular formula is C13H16N2S. The summed E-state index contributed by atoms with van der Waals surface area (Å²) in [5.41, 5.74) is 2.28. The number of aromatic amines is 1. The maximum absolute atomic E-state index is 5.32. The molecule has 1 aromatic carbocycles. The first-order chi connectivity index (χ1) is 7.81. The molecule has 2 rings (SSSR count). The fourth-order valence-corrected chi connectivity index (χ4v) is 1.94. The van der Waals surface area contributed by atoms with Gasteiger partial charge < -0.3 is 0 Å². The number of hydrogen-bond acceptors (Lipinski definition) is 1. The van der Waals surface area contributed by atoms with E-state index in [1.165, 1.54) is 12.0 Å². The highest BCUT2D eigenvalue weighted by Gasteiger charge is 2.01. The van der Waals surface area contributed by atoms with Gasteiger partial charge in [-0.25, -0.2) is 0 Å². The van der Waals surface area contributed by atoms with Crippen molar-refractivity contribution in [3.05, 3.63) is 41.0 Å². The van der Waals surface area contributed by atoms with Gasteiger partial charge in [-0.15, -0.1) is 0 Å². The Labute approximate surface area is 101 Å². The number of aromatic nitrogens is 2. The number of aryl methyl sites for hydroxylation is 1. The minimum atomic E-state index is 0.882. The average Bonchev–Trinajstić information content (AvgIpc) is 2.69. The van der Waals surface area contributed by atoms with Gasteiger partial charge in [-0.1, -0.05) is 55.9 Å². The molecule has 0 atom stereocenters. The summed E-state index contributed by atoms with van der Waals surface area (Å²) in [5.74, 6) is 0. The Bertz CT molecular complexity index is 496. The number of benzene rings is 1. The molecule has 16 heavy (non-hydrogen) atoms. The van der Waals surface area contributed by atoms with E-state index in [2.05, 4.69) is 24.2 Å². The smallest absolute Gasteiger partial charge is 0.122 e. The lowest BCUT2D eigenvalue weighted by molar-refractivity contribution is 0.567. The molecule has 0 aliphatic heterocycles. The number of nitrogens with zero attached hydrogens (tertiary/aromatic N) is 1. The van der Waals surface area contributed by atoms with Crippen molar-refractivity contribution >= 4 is 12.2 Å². The number of rotatable bonds is 4. The second kappa shape index (κ2) is 5.12. The summed E-state index contributed by atoms with van der Waals surface area (Å²) < 4.78 is 2.92. The van der Waals surface area contributed by atoms with Gasteiger partial charge in [0.25, 0.3) is 0 Å². The van der Waals surface area contributed by atoms with Gasteiger partial charge in [0.05, 0.1) is 5.69 Å². The van der Waals surface area contributed by atoms with E-state index in [1.807, 2.05) is 28.9 Å². The molecule has 0 aliphatic carbocycles. The van der Waals surface area contributed by atoms with Crippen LogP contribution in [0.1, 0.15) is 19.8 Å². The van der Waals surface area contributed by atoms with E-state index in [0.717, 1.165) is 23.3 Å². The van der Waals surface area contributed by atoms with Crippen LogP contribution < -0.4 is 0 Å². The number of hydrogen-bond donors (Lipinski definition) is 1. The molecule has 1 aromatic heterocycles.